The zero-order chi connectivity index (χ0) is 20.9. The van der Waals surface area contributed by atoms with Crippen LogP contribution in [0.2, 0.25) is 5.04 Å². The van der Waals surface area contributed by atoms with E-state index >= 15 is 0 Å². The Kier molecular flexibility index (Phi) is 6.72. The third kappa shape index (κ3) is 4.52. The molecule has 0 saturated heterocycles. The zero-order valence-corrected chi connectivity index (χ0v) is 18.7. The van der Waals surface area contributed by atoms with Crippen molar-refractivity contribution in [3.63, 3.8) is 0 Å². The van der Waals surface area contributed by atoms with Crippen molar-refractivity contribution in [2.24, 2.45) is 5.92 Å². The molecule has 0 N–H and O–H groups in total. The molecule has 3 rings (SSSR count). The van der Waals surface area contributed by atoms with E-state index in [0.717, 1.165) is 25.7 Å². The Morgan fingerprint density at radius 1 is 0.966 bits per heavy atom. The second-order valence-electron chi connectivity index (χ2n) is 9.06. The summed E-state index contributed by atoms with van der Waals surface area (Å²) in [7, 11) is -2.54. The van der Waals surface area contributed by atoms with Gasteiger partial charge in [-0.25, -0.2) is 0 Å². The summed E-state index contributed by atoms with van der Waals surface area (Å²) in [5, 5.41) is 11.4. The first-order chi connectivity index (χ1) is 13.9. The Morgan fingerprint density at radius 3 is 1.86 bits per heavy atom. The molecule has 3 nitrogen and oxygen atoms in total. The van der Waals surface area contributed by atoms with Gasteiger partial charge in [0.2, 0.25) is 0 Å². The van der Waals surface area contributed by atoms with Gasteiger partial charge in [0.25, 0.3) is 8.32 Å². The molecule has 0 radical (unpaired) electrons. The molecular weight excluding hydrogens is 374 g/mol. The van der Waals surface area contributed by atoms with E-state index in [9.17, 15) is 4.79 Å². The molecule has 4 heteroatoms. The lowest BCUT2D eigenvalue weighted by Crippen LogP contribution is -2.67. The standard InChI is InChI=1S/C25H31NO2Si/c1-25(2,3)29(22-10-6-4-7-11-22,23-12-8-5-9-13-23)28-21-16-14-20(15-17-21)24(27)18-19-26/h4-13,20-21H,14-18H2,1-3H3/t20-,21+. The van der Waals surface area contributed by atoms with Crippen LogP contribution in [0.4, 0.5) is 0 Å². The van der Waals surface area contributed by atoms with Crippen molar-refractivity contribution >= 4 is 24.5 Å². The highest BCUT2D eigenvalue weighted by Gasteiger charge is 2.51. The first-order valence-corrected chi connectivity index (χ1v) is 12.5. The van der Waals surface area contributed by atoms with Crippen LogP contribution < -0.4 is 10.4 Å². The predicted octanol–water partition coefficient (Wildman–Crippen LogP) is 4.60. The van der Waals surface area contributed by atoms with Crippen LogP contribution in [-0.2, 0) is 9.22 Å². The summed E-state index contributed by atoms with van der Waals surface area (Å²) in [4.78, 5) is 12.1. The van der Waals surface area contributed by atoms with Gasteiger partial charge in [-0.15, -0.1) is 0 Å². The van der Waals surface area contributed by atoms with E-state index in [2.05, 4.69) is 81.4 Å². The highest BCUT2D eigenvalue weighted by molar-refractivity contribution is 6.99. The highest BCUT2D eigenvalue weighted by atomic mass is 28.4. The van der Waals surface area contributed by atoms with Gasteiger partial charge in [-0.05, 0) is 41.1 Å². The number of ketones is 1. The Balaban J connectivity index is 1.93. The number of nitrogens with zero attached hydrogens (tertiary/aromatic N) is 1. The Morgan fingerprint density at radius 2 is 1.45 bits per heavy atom. The predicted molar refractivity (Wildman–Crippen MR) is 120 cm³/mol. The van der Waals surface area contributed by atoms with Gasteiger partial charge in [-0.3, -0.25) is 4.79 Å². The number of rotatable bonds is 6. The average molecular weight is 406 g/mol. The van der Waals surface area contributed by atoms with Crippen LogP contribution in [-0.4, -0.2) is 20.2 Å². The molecule has 0 aliphatic heterocycles. The monoisotopic (exact) mass is 405 g/mol. The third-order valence-corrected chi connectivity index (χ3v) is 11.2. The fourth-order valence-electron chi connectivity index (χ4n) is 4.67. The second-order valence-corrected chi connectivity index (χ2v) is 13.3. The summed E-state index contributed by atoms with van der Waals surface area (Å²) in [6.07, 6.45) is 3.59. The van der Waals surface area contributed by atoms with Gasteiger partial charge in [0.1, 0.15) is 5.78 Å². The van der Waals surface area contributed by atoms with E-state index in [0.29, 0.717) is 0 Å². The maximum absolute atomic E-state index is 12.1. The first kappa shape index (κ1) is 21.5. The molecule has 152 valence electrons. The molecule has 1 saturated carbocycles. The Bertz CT molecular complexity index is 804. The molecule has 29 heavy (non-hydrogen) atoms. The number of hydrogen-bond donors (Lipinski definition) is 0. The van der Waals surface area contributed by atoms with Crippen LogP contribution in [0, 0.1) is 17.2 Å². The summed E-state index contributed by atoms with van der Waals surface area (Å²) < 4.78 is 7.17. The minimum Gasteiger partial charge on any atom is -0.404 e. The number of carbonyl (C=O) groups is 1. The molecule has 0 atom stereocenters. The van der Waals surface area contributed by atoms with Crippen molar-refractivity contribution in [1.82, 2.24) is 0 Å². The van der Waals surface area contributed by atoms with Crippen molar-refractivity contribution in [3.8, 4) is 6.07 Å². The SMILES string of the molecule is CC(C)(C)[Si](O[C@H]1CC[C@@H](C(=O)CC#N)CC1)(c1ccccc1)c1ccccc1. The van der Waals surface area contributed by atoms with E-state index in [1.807, 2.05) is 6.07 Å². The molecule has 1 fully saturated rings. The van der Waals surface area contributed by atoms with Gasteiger partial charge < -0.3 is 4.43 Å². The van der Waals surface area contributed by atoms with Gasteiger partial charge >= 0.3 is 0 Å². The molecule has 1 aliphatic rings. The number of benzene rings is 2. The first-order valence-electron chi connectivity index (χ1n) is 10.6. The summed E-state index contributed by atoms with van der Waals surface area (Å²) in [6.45, 7) is 6.88. The van der Waals surface area contributed by atoms with Crippen molar-refractivity contribution in [3.05, 3.63) is 60.7 Å². The van der Waals surface area contributed by atoms with Crippen LogP contribution in [0.3, 0.4) is 0 Å². The van der Waals surface area contributed by atoms with E-state index in [4.69, 9.17) is 9.69 Å². The third-order valence-electron chi connectivity index (χ3n) is 6.14. The number of carbonyl (C=O) groups excluding carboxylic acids is 1. The smallest absolute Gasteiger partial charge is 0.261 e. The minimum atomic E-state index is -2.54. The van der Waals surface area contributed by atoms with E-state index in [1.165, 1.54) is 10.4 Å². The summed E-state index contributed by atoms with van der Waals surface area (Å²) in [5.41, 5.74) is 0. The van der Waals surface area contributed by atoms with Gasteiger partial charge in [0.05, 0.1) is 12.5 Å². The largest absolute Gasteiger partial charge is 0.404 e. The molecule has 1 aliphatic carbocycles. The van der Waals surface area contributed by atoms with Crippen LogP contribution >= 0.6 is 0 Å². The van der Waals surface area contributed by atoms with Crippen molar-refractivity contribution < 1.29 is 9.22 Å². The van der Waals surface area contributed by atoms with Crippen molar-refractivity contribution in [1.29, 1.82) is 5.26 Å². The van der Waals surface area contributed by atoms with Crippen LogP contribution in [0.1, 0.15) is 52.9 Å². The molecule has 2 aromatic rings. The maximum Gasteiger partial charge on any atom is 0.261 e. The molecule has 0 amide bonds. The number of nitriles is 1. The molecular formula is C25H31NO2Si. The highest BCUT2D eigenvalue weighted by Crippen LogP contribution is 2.40. The molecule has 0 unspecified atom stereocenters. The van der Waals surface area contributed by atoms with Gasteiger partial charge in [0.15, 0.2) is 0 Å². The lowest BCUT2D eigenvalue weighted by atomic mass is 9.84. The fourth-order valence-corrected chi connectivity index (χ4v) is 9.42. The Hall–Kier alpha value is -2.22. The Labute approximate surface area is 175 Å². The molecule has 0 bridgehead atoms. The summed E-state index contributed by atoms with van der Waals surface area (Å²) in [5.74, 6) is 0.116. The van der Waals surface area contributed by atoms with Gasteiger partial charge in [-0.2, -0.15) is 5.26 Å². The molecule has 0 aromatic heterocycles. The average Bonchev–Trinajstić information content (AvgIpc) is 2.73. The number of hydrogen-bond acceptors (Lipinski definition) is 3. The second kappa shape index (κ2) is 9.07. The lowest BCUT2D eigenvalue weighted by molar-refractivity contribution is -0.123. The van der Waals surface area contributed by atoms with Crippen molar-refractivity contribution in [2.75, 3.05) is 0 Å². The summed E-state index contributed by atoms with van der Waals surface area (Å²) >= 11 is 0. The fraction of sp³-hybridized carbons (Fsp3) is 0.440. The van der Waals surface area contributed by atoms with E-state index < -0.39 is 8.32 Å². The molecule has 0 spiro atoms. The van der Waals surface area contributed by atoms with E-state index in [1.54, 1.807) is 0 Å². The normalized spacial score (nSPS) is 20.1. The van der Waals surface area contributed by atoms with Crippen LogP contribution in [0.5, 0.6) is 0 Å². The summed E-state index contributed by atoms with van der Waals surface area (Å²) in [6, 6.07) is 23.4. The van der Waals surface area contributed by atoms with E-state index in [-0.39, 0.29) is 29.3 Å². The van der Waals surface area contributed by atoms with Gasteiger partial charge in [0, 0.05) is 12.0 Å². The zero-order valence-electron chi connectivity index (χ0n) is 17.7. The number of Topliss-reactive ketones (excluding diaryl/α,β-unsaturated/α-hetero) is 1. The lowest BCUT2D eigenvalue weighted by Gasteiger charge is -2.46. The van der Waals surface area contributed by atoms with Crippen LogP contribution in [0.25, 0.3) is 0 Å². The molecule has 0 heterocycles. The molecule has 2 aromatic carbocycles. The maximum atomic E-state index is 12.1. The van der Waals surface area contributed by atoms with Crippen LogP contribution in [0.15, 0.2) is 60.7 Å². The topological polar surface area (TPSA) is 50.1 Å². The van der Waals surface area contributed by atoms with Crippen molar-refractivity contribution in [2.45, 2.75) is 64.0 Å². The minimum absolute atomic E-state index is 0.0219. The van der Waals surface area contributed by atoms with Gasteiger partial charge in [-0.1, -0.05) is 81.4 Å². The quantitative estimate of drug-likeness (QED) is 0.660.